The fraction of sp³-hybridized carbons (Fsp3) is 0.294. The predicted molar refractivity (Wildman–Crippen MR) is 90.9 cm³/mol. The summed E-state index contributed by atoms with van der Waals surface area (Å²) in [5, 5.41) is 14.5. The van der Waals surface area contributed by atoms with Crippen molar-refractivity contribution >= 4 is 11.6 Å². The van der Waals surface area contributed by atoms with Gasteiger partial charge in [0.15, 0.2) is 0 Å². The smallest absolute Gasteiger partial charge is 0.134 e. The van der Waals surface area contributed by atoms with E-state index in [1.54, 1.807) is 12.4 Å². The molecule has 1 aromatic carbocycles. The number of aromatic amines is 1. The van der Waals surface area contributed by atoms with Crippen LogP contribution in [0.3, 0.4) is 0 Å². The average Bonchev–Trinajstić information content (AvgIpc) is 3.20. The van der Waals surface area contributed by atoms with E-state index < -0.39 is 0 Å². The van der Waals surface area contributed by atoms with Gasteiger partial charge in [0.1, 0.15) is 5.75 Å². The van der Waals surface area contributed by atoms with Crippen LogP contribution >= 0.6 is 11.6 Å². The van der Waals surface area contributed by atoms with Crippen molar-refractivity contribution in [2.45, 2.75) is 19.0 Å². The molecule has 7 heteroatoms. The molecule has 0 radical (unpaired) electrons. The Morgan fingerprint density at radius 1 is 1.42 bits per heavy atom. The van der Waals surface area contributed by atoms with Crippen molar-refractivity contribution < 1.29 is 5.11 Å². The second-order valence-corrected chi connectivity index (χ2v) is 6.56. The molecule has 1 unspecified atom stereocenters. The molecule has 3 aromatic rings. The predicted octanol–water partition coefficient (Wildman–Crippen LogP) is 2.65. The number of hydrogen-bond donors (Lipinski definition) is 2. The Bertz CT molecular complexity index is 872. The number of nitrogens with zero attached hydrogens (tertiary/aromatic N) is 4. The molecule has 24 heavy (non-hydrogen) atoms. The Labute approximate surface area is 144 Å². The fourth-order valence-corrected chi connectivity index (χ4v) is 3.51. The number of benzene rings is 1. The van der Waals surface area contributed by atoms with Crippen LogP contribution < -0.4 is 0 Å². The quantitative estimate of drug-likeness (QED) is 0.767. The molecule has 0 amide bonds. The van der Waals surface area contributed by atoms with Gasteiger partial charge < -0.3 is 10.1 Å². The zero-order chi connectivity index (χ0) is 16.7. The van der Waals surface area contributed by atoms with Gasteiger partial charge in [-0.05, 0) is 11.6 Å². The first-order valence-corrected chi connectivity index (χ1v) is 8.19. The molecule has 0 saturated heterocycles. The number of halogens is 1. The number of rotatable bonds is 3. The molecule has 0 saturated carbocycles. The van der Waals surface area contributed by atoms with E-state index in [2.05, 4.69) is 20.0 Å². The largest absolute Gasteiger partial charge is 0.506 e. The van der Waals surface area contributed by atoms with E-state index >= 15 is 0 Å². The molecule has 1 aliphatic heterocycles. The van der Waals surface area contributed by atoms with Crippen molar-refractivity contribution in [3.8, 4) is 5.75 Å². The molecule has 0 fully saturated rings. The maximum Gasteiger partial charge on any atom is 0.134 e. The summed E-state index contributed by atoms with van der Waals surface area (Å²) >= 11 is 6.24. The molecule has 0 bridgehead atoms. The molecule has 3 heterocycles. The molecule has 2 N–H and O–H groups in total. The summed E-state index contributed by atoms with van der Waals surface area (Å²) in [5.41, 5.74) is 4.27. The van der Waals surface area contributed by atoms with Crippen molar-refractivity contribution in [1.29, 1.82) is 0 Å². The van der Waals surface area contributed by atoms with Crippen LogP contribution in [0.5, 0.6) is 5.75 Å². The van der Waals surface area contributed by atoms with Gasteiger partial charge in [0, 0.05) is 44.4 Å². The lowest BCUT2D eigenvalue weighted by molar-refractivity contribution is 0.227. The van der Waals surface area contributed by atoms with E-state index in [1.165, 1.54) is 0 Å². The number of H-pyrrole nitrogens is 1. The lowest BCUT2D eigenvalue weighted by Crippen LogP contribution is -2.33. The normalized spacial score (nSPS) is 17.8. The fourth-order valence-electron chi connectivity index (χ4n) is 3.32. The number of fused-ring (bicyclic) bond motifs is 1. The number of aryl methyl sites for hydroxylation is 1. The second-order valence-electron chi connectivity index (χ2n) is 6.19. The maximum absolute atomic E-state index is 9.81. The van der Waals surface area contributed by atoms with Gasteiger partial charge in [-0.15, -0.1) is 0 Å². The van der Waals surface area contributed by atoms with E-state index in [-0.39, 0.29) is 11.7 Å². The third kappa shape index (κ3) is 2.68. The minimum Gasteiger partial charge on any atom is -0.506 e. The Morgan fingerprint density at radius 3 is 3.08 bits per heavy atom. The number of nitrogens with one attached hydrogen (secondary N) is 1. The number of phenols is 1. The highest BCUT2D eigenvalue weighted by atomic mass is 35.5. The summed E-state index contributed by atoms with van der Waals surface area (Å²) in [6.07, 6.45) is 5.68. The summed E-state index contributed by atoms with van der Waals surface area (Å²) in [6, 6.07) is 5.37. The molecular weight excluding hydrogens is 326 g/mol. The minimum atomic E-state index is 0.122. The van der Waals surface area contributed by atoms with Crippen molar-refractivity contribution in [2.24, 2.45) is 7.05 Å². The first-order valence-electron chi connectivity index (χ1n) is 7.81. The SMILES string of the molecule is Cn1cc(C2CN(Cc3cccc(O)c3Cl)Cc3[nH]cnc32)cn1. The summed E-state index contributed by atoms with van der Waals surface area (Å²) in [7, 11) is 1.92. The average molecular weight is 344 g/mol. The Balaban J connectivity index is 1.64. The summed E-state index contributed by atoms with van der Waals surface area (Å²) in [6.45, 7) is 2.27. The van der Waals surface area contributed by atoms with Gasteiger partial charge >= 0.3 is 0 Å². The van der Waals surface area contributed by atoms with E-state index in [0.29, 0.717) is 11.6 Å². The lowest BCUT2D eigenvalue weighted by Gasteiger charge is -2.31. The third-order valence-electron chi connectivity index (χ3n) is 4.48. The summed E-state index contributed by atoms with van der Waals surface area (Å²) in [5.74, 6) is 0.294. The van der Waals surface area contributed by atoms with Gasteiger partial charge in [-0.2, -0.15) is 5.10 Å². The minimum absolute atomic E-state index is 0.122. The van der Waals surface area contributed by atoms with Crippen molar-refractivity contribution in [1.82, 2.24) is 24.6 Å². The molecule has 4 rings (SSSR count). The summed E-state index contributed by atoms with van der Waals surface area (Å²) < 4.78 is 1.81. The molecule has 1 atom stereocenters. The zero-order valence-corrected chi connectivity index (χ0v) is 14.0. The molecule has 2 aromatic heterocycles. The van der Waals surface area contributed by atoms with Crippen LogP contribution in [0.25, 0.3) is 0 Å². The number of aromatic nitrogens is 4. The van der Waals surface area contributed by atoms with Gasteiger partial charge in [0.25, 0.3) is 0 Å². The van der Waals surface area contributed by atoms with Gasteiger partial charge in [0.2, 0.25) is 0 Å². The van der Waals surface area contributed by atoms with E-state index in [1.807, 2.05) is 36.3 Å². The molecular formula is C17H18ClN5O. The Morgan fingerprint density at radius 2 is 2.29 bits per heavy atom. The van der Waals surface area contributed by atoms with E-state index in [4.69, 9.17) is 11.6 Å². The third-order valence-corrected chi connectivity index (χ3v) is 4.92. The van der Waals surface area contributed by atoms with Crippen LogP contribution in [0.15, 0.2) is 36.9 Å². The molecule has 6 nitrogen and oxygen atoms in total. The van der Waals surface area contributed by atoms with Gasteiger partial charge in [-0.1, -0.05) is 23.7 Å². The van der Waals surface area contributed by atoms with Crippen LogP contribution in [-0.4, -0.2) is 36.3 Å². The highest BCUT2D eigenvalue weighted by Gasteiger charge is 2.30. The van der Waals surface area contributed by atoms with E-state index in [9.17, 15) is 5.11 Å². The highest BCUT2D eigenvalue weighted by molar-refractivity contribution is 6.32. The Hall–Kier alpha value is -2.31. The van der Waals surface area contributed by atoms with Crippen LogP contribution in [0.4, 0.5) is 0 Å². The van der Waals surface area contributed by atoms with Gasteiger partial charge in [-0.3, -0.25) is 9.58 Å². The van der Waals surface area contributed by atoms with Gasteiger partial charge in [0.05, 0.1) is 28.9 Å². The van der Waals surface area contributed by atoms with Crippen LogP contribution in [0.2, 0.25) is 5.02 Å². The van der Waals surface area contributed by atoms with Crippen molar-refractivity contribution in [3.05, 3.63) is 64.5 Å². The lowest BCUT2D eigenvalue weighted by atomic mass is 9.93. The van der Waals surface area contributed by atoms with Crippen LogP contribution in [0.1, 0.15) is 28.4 Å². The molecule has 1 aliphatic rings. The zero-order valence-electron chi connectivity index (χ0n) is 13.3. The monoisotopic (exact) mass is 343 g/mol. The maximum atomic E-state index is 9.81. The van der Waals surface area contributed by atoms with Gasteiger partial charge in [-0.25, -0.2) is 4.98 Å². The second kappa shape index (κ2) is 5.96. The molecule has 124 valence electrons. The number of phenolic OH excluding ortho intramolecular Hbond substituents is 1. The van der Waals surface area contributed by atoms with Crippen molar-refractivity contribution in [3.63, 3.8) is 0 Å². The number of imidazole rings is 1. The van der Waals surface area contributed by atoms with Crippen molar-refractivity contribution in [2.75, 3.05) is 6.54 Å². The Kier molecular flexibility index (Phi) is 3.78. The van der Waals surface area contributed by atoms with E-state index in [0.717, 1.165) is 35.6 Å². The number of hydrogen-bond acceptors (Lipinski definition) is 4. The van der Waals surface area contributed by atoms with Crippen LogP contribution in [-0.2, 0) is 20.1 Å². The standard InChI is InChI=1S/C17H18ClN5O/c1-22-6-12(5-21-22)13-8-23(9-14-17(13)20-10-19-14)7-11-3-2-4-15(24)16(11)18/h2-6,10,13,24H,7-9H2,1H3,(H,19,20). The first-order chi connectivity index (χ1) is 11.6. The summed E-state index contributed by atoms with van der Waals surface area (Å²) in [4.78, 5) is 10.1. The molecule has 0 aliphatic carbocycles. The first kappa shape index (κ1) is 15.2. The molecule has 0 spiro atoms. The number of aromatic hydroxyl groups is 1. The topological polar surface area (TPSA) is 70.0 Å². The van der Waals surface area contributed by atoms with Crippen LogP contribution in [0, 0.1) is 0 Å². The highest BCUT2D eigenvalue weighted by Crippen LogP contribution is 2.34.